The molecule has 20 heavy (non-hydrogen) atoms. The van der Waals surface area contributed by atoms with Crippen molar-refractivity contribution < 1.29 is 0 Å². The Balaban J connectivity index is 2.70. The van der Waals surface area contributed by atoms with Crippen LogP contribution < -0.4 is 0 Å². The van der Waals surface area contributed by atoms with Gasteiger partial charge in [0.1, 0.15) is 12.1 Å². The molecule has 2 aromatic carbocycles. The largest absolute Gasteiger partial charge is 0.348 e. The molecule has 0 aliphatic heterocycles. The molecule has 0 unspecified atom stereocenters. The van der Waals surface area contributed by atoms with Crippen LogP contribution in [0.4, 0.5) is 22.7 Å². The number of rotatable bonds is 1. The smallest absolute Gasteiger partial charge is 0.0386 e. The van der Waals surface area contributed by atoms with E-state index in [9.17, 15) is 0 Å². The second kappa shape index (κ2) is 5.36. The molecule has 4 heteroatoms. The first-order valence-corrected chi connectivity index (χ1v) is 5.64. The van der Waals surface area contributed by atoms with Gasteiger partial charge >= 0.3 is 22.7 Å². The zero-order chi connectivity index (χ0) is 14.5. The molecule has 0 fully saturated rings. The SMILES string of the molecule is C#[N+]c1cc([N+]#C)cc(-c2cc([N+]#C)cc([N+]#C)c2)c1. The third-order valence-electron chi connectivity index (χ3n) is 2.73. The zero-order valence-electron chi connectivity index (χ0n) is 10.6. The fourth-order valence-corrected chi connectivity index (χ4v) is 1.82. The normalized spacial score (nSPS) is 8.80. The van der Waals surface area contributed by atoms with E-state index in [1.54, 1.807) is 36.4 Å². The summed E-state index contributed by atoms with van der Waals surface area (Å²) in [6.45, 7) is 21.2. The molecule has 0 saturated heterocycles. The van der Waals surface area contributed by atoms with Crippen molar-refractivity contribution in [2.24, 2.45) is 0 Å². The monoisotopic (exact) mass is 258 g/mol. The predicted molar refractivity (Wildman–Crippen MR) is 83.7 cm³/mol. The second-order valence-electron chi connectivity index (χ2n) is 3.99. The van der Waals surface area contributed by atoms with Crippen molar-refractivity contribution in [1.29, 1.82) is 0 Å². The van der Waals surface area contributed by atoms with Gasteiger partial charge in [-0.05, 0) is 30.5 Å². The van der Waals surface area contributed by atoms with Crippen molar-refractivity contribution >= 4 is 22.7 Å². The molecule has 0 heterocycles. The molecule has 4 nitrogen and oxygen atoms in total. The number of hydrogen-bond acceptors (Lipinski definition) is 0. The van der Waals surface area contributed by atoms with Gasteiger partial charge in [0.05, 0.1) is 0 Å². The molecule has 0 spiro atoms. The van der Waals surface area contributed by atoms with Gasteiger partial charge in [0.2, 0.25) is 0 Å². The van der Waals surface area contributed by atoms with Crippen LogP contribution in [-0.2, 0) is 0 Å². The molecule has 0 aliphatic rings. The Bertz CT molecular complexity index is 714. The highest BCUT2D eigenvalue weighted by molar-refractivity contribution is 5.80. The van der Waals surface area contributed by atoms with Crippen molar-refractivity contribution in [3.63, 3.8) is 0 Å². The Labute approximate surface area is 116 Å². The first-order valence-electron chi connectivity index (χ1n) is 5.64. The van der Waals surface area contributed by atoms with Gasteiger partial charge in [-0.3, -0.25) is 0 Å². The standard InChI is InChI=1S/C16H10N4/c1-17-13-5-11(6-14(9-13)18-2)12-7-15(19-3)10-16(8-12)20-4/h1-10H/q+4. The van der Waals surface area contributed by atoms with Gasteiger partial charge in [-0.2, -0.15) is 0 Å². The summed E-state index contributed by atoms with van der Waals surface area (Å²) in [5.41, 5.74) is 3.80. The lowest BCUT2D eigenvalue weighted by atomic mass is 10.0. The highest BCUT2D eigenvalue weighted by Crippen LogP contribution is 2.34. The van der Waals surface area contributed by atoms with Crippen molar-refractivity contribution in [3.8, 4) is 37.4 Å². The van der Waals surface area contributed by atoms with Gasteiger partial charge in [-0.25, -0.2) is 0 Å². The van der Waals surface area contributed by atoms with Crippen molar-refractivity contribution in [3.05, 3.63) is 55.8 Å². The van der Waals surface area contributed by atoms with E-state index in [2.05, 4.69) is 19.4 Å². The van der Waals surface area contributed by atoms with E-state index in [4.69, 9.17) is 26.3 Å². The molecule has 0 atom stereocenters. The molecule has 0 amide bonds. The van der Waals surface area contributed by atoms with Crippen molar-refractivity contribution in [1.82, 2.24) is 0 Å². The maximum atomic E-state index is 5.30. The van der Waals surface area contributed by atoms with Crippen molar-refractivity contribution in [2.45, 2.75) is 0 Å². The van der Waals surface area contributed by atoms with Crippen LogP contribution in [0, 0.1) is 26.3 Å². The summed E-state index contributed by atoms with van der Waals surface area (Å²) in [6, 6.07) is 10.5. The summed E-state index contributed by atoms with van der Waals surface area (Å²) in [4.78, 5) is 14.6. The van der Waals surface area contributed by atoms with Gasteiger partial charge in [0.15, 0.2) is 0 Å². The van der Waals surface area contributed by atoms with Crippen molar-refractivity contribution in [2.75, 3.05) is 0 Å². The summed E-state index contributed by atoms with van der Waals surface area (Å²) in [6.07, 6.45) is 0. The first-order chi connectivity index (χ1) is 9.69. The predicted octanol–water partition coefficient (Wildman–Crippen LogP) is 5.73. The minimum absolute atomic E-state index is 0.549. The minimum atomic E-state index is 0.549. The Morgan fingerprint density at radius 3 is 0.900 bits per heavy atom. The molecule has 0 bridgehead atoms. The number of nitrogens with zero attached hydrogens (tertiary/aromatic N) is 4. The summed E-state index contributed by atoms with van der Waals surface area (Å²) in [5, 5.41) is 0. The van der Waals surface area contributed by atoms with Crippen LogP contribution in [0.5, 0.6) is 0 Å². The highest BCUT2D eigenvalue weighted by Gasteiger charge is 2.18. The molecule has 0 N–H and O–H groups in total. The molecule has 0 saturated carbocycles. The fourth-order valence-electron chi connectivity index (χ4n) is 1.82. The highest BCUT2D eigenvalue weighted by atomic mass is 14.7. The average molecular weight is 258 g/mol. The van der Waals surface area contributed by atoms with E-state index in [0.29, 0.717) is 22.7 Å². The second-order valence-corrected chi connectivity index (χ2v) is 3.99. The van der Waals surface area contributed by atoms with E-state index < -0.39 is 0 Å². The molecular formula is C16H10N4+4. The lowest BCUT2D eigenvalue weighted by Gasteiger charge is -1.96. The van der Waals surface area contributed by atoms with E-state index in [1.165, 1.54) is 0 Å². The van der Waals surface area contributed by atoms with Crippen LogP contribution in [0.25, 0.3) is 30.5 Å². The topological polar surface area (TPSA) is 17.4 Å². The Morgan fingerprint density at radius 2 is 0.700 bits per heavy atom. The molecule has 90 valence electrons. The van der Waals surface area contributed by atoms with Gasteiger partial charge in [-0.1, -0.05) is 0 Å². The van der Waals surface area contributed by atoms with Gasteiger partial charge in [-0.15, -0.1) is 0 Å². The molecule has 0 aromatic heterocycles. The Hall–Kier alpha value is -3.60. The van der Waals surface area contributed by atoms with E-state index >= 15 is 0 Å². The average Bonchev–Trinajstić information content (AvgIpc) is 2.53. The first kappa shape index (κ1) is 12.8. The molecular weight excluding hydrogens is 248 g/mol. The molecule has 0 radical (unpaired) electrons. The van der Waals surface area contributed by atoms with E-state index in [0.717, 1.165) is 11.1 Å². The number of hydrogen-bond donors (Lipinski definition) is 0. The zero-order valence-corrected chi connectivity index (χ0v) is 10.6. The van der Waals surface area contributed by atoms with Crippen LogP contribution >= 0.6 is 0 Å². The van der Waals surface area contributed by atoms with Crippen LogP contribution in [0.1, 0.15) is 0 Å². The summed E-state index contributed by atoms with van der Waals surface area (Å²) < 4.78 is 0. The third-order valence-corrected chi connectivity index (χ3v) is 2.73. The maximum absolute atomic E-state index is 5.30. The third kappa shape index (κ3) is 2.46. The van der Waals surface area contributed by atoms with Crippen LogP contribution in [0.2, 0.25) is 0 Å². The van der Waals surface area contributed by atoms with Gasteiger partial charge < -0.3 is 0 Å². The minimum Gasteiger partial charge on any atom is -0.0386 e. The summed E-state index contributed by atoms with van der Waals surface area (Å²) in [5.74, 6) is 0. The summed E-state index contributed by atoms with van der Waals surface area (Å²) in [7, 11) is 0. The maximum Gasteiger partial charge on any atom is 0.348 e. The molecule has 2 aromatic rings. The van der Waals surface area contributed by atoms with Crippen LogP contribution in [0.15, 0.2) is 36.4 Å². The van der Waals surface area contributed by atoms with Gasteiger partial charge in [0.25, 0.3) is 26.3 Å². The van der Waals surface area contributed by atoms with E-state index in [-0.39, 0.29) is 0 Å². The molecule has 2 rings (SSSR count). The lowest BCUT2D eigenvalue weighted by molar-refractivity contribution is 1.64. The summed E-state index contributed by atoms with van der Waals surface area (Å²) >= 11 is 0. The quantitative estimate of drug-likeness (QED) is 0.621. The fraction of sp³-hybridized carbons (Fsp3) is 0. The van der Waals surface area contributed by atoms with Gasteiger partial charge in [0, 0.05) is 24.3 Å². The molecule has 0 aliphatic carbocycles. The van der Waals surface area contributed by atoms with E-state index in [1.807, 2.05) is 0 Å². The van der Waals surface area contributed by atoms with Crippen LogP contribution in [-0.4, -0.2) is 0 Å². The number of benzene rings is 2. The van der Waals surface area contributed by atoms with Crippen LogP contribution in [0.3, 0.4) is 0 Å². The Kier molecular flexibility index (Phi) is 3.45. The Morgan fingerprint density at radius 1 is 0.450 bits per heavy atom. The lowest BCUT2D eigenvalue weighted by Crippen LogP contribution is -1.77.